The molecule has 0 bridgehead atoms. The van der Waals surface area contributed by atoms with E-state index in [9.17, 15) is 0 Å². The molecule has 0 N–H and O–H groups in total. The summed E-state index contributed by atoms with van der Waals surface area (Å²) in [4.78, 5) is 5.21. The summed E-state index contributed by atoms with van der Waals surface area (Å²) in [5.41, 5.74) is 5.61. The van der Waals surface area contributed by atoms with Gasteiger partial charge in [-0.05, 0) is 48.2 Å². The van der Waals surface area contributed by atoms with E-state index in [-0.39, 0.29) is 0 Å². The van der Waals surface area contributed by atoms with Gasteiger partial charge in [0, 0.05) is 26.2 Å². The van der Waals surface area contributed by atoms with Gasteiger partial charge in [-0.2, -0.15) is 0 Å². The van der Waals surface area contributed by atoms with Crippen LogP contribution in [-0.2, 0) is 26.2 Å². The minimum absolute atomic E-state index is 1.02. The minimum atomic E-state index is 1.02. The highest BCUT2D eigenvalue weighted by molar-refractivity contribution is 5.18. The summed E-state index contributed by atoms with van der Waals surface area (Å²) in [6.07, 6.45) is 7.85. The van der Waals surface area contributed by atoms with Gasteiger partial charge in [-0.15, -0.1) is 0 Å². The zero-order valence-electron chi connectivity index (χ0n) is 22.9. The summed E-state index contributed by atoms with van der Waals surface area (Å²) < 4.78 is 0. The summed E-state index contributed by atoms with van der Waals surface area (Å²) in [7, 11) is 0. The predicted molar refractivity (Wildman–Crippen MR) is 162 cm³/mol. The molecule has 0 unspecified atom stereocenters. The number of hydrogen-bond acceptors (Lipinski definition) is 2. The molecule has 4 aromatic rings. The molecule has 0 heterocycles. The van der Waals surface area contributed by atoms with Gasteiger partial charge in [-0.25, -0.2) is 0 Å². The van der Waals surface area contributed by atoms with Gasteiger partial charge in [0.1, 0.15) is 0 Å². The topological polar surface area (TPSA) is 6.48 Å². The van der Waals surface area contributed by atoms with Crippen molar-refractivity contribution >= 4 is 0 Å². The average Bonchev–Trinajstić information content (AvgIpc) is 2.96. The molecule has 0 aliphatic carbocycles. The third-order valence-electron chi connectivity index (χ3n) is 7.19. The van der Waals surface area contributed by atoms with Gasteiger partial charge < -0.3 is 0 Å². The Balaban J connectivity index is 1.16. The van der Waals surface area contributed by atoms with Crippen LogP contribution in [0.1, 0.15) is 60.8 Å². The molecule has 0 radical (unpaired) electrons. The second-order valence-corrected chi connectivity index (χ2v) is 10.5. The zero-order chi connectivity index (χ0) is 26.1. The number of nitrogens with zero attached hydrogens (tertiary/aromatic N) is 2. The van der Waals surface area contributed by atoms with Gasteiger partial charge in [0.15, 0.2) is 0 Å². The van der Waals surface area contributed by atoms with Crippen molar-refractivity contribution in [1.29, 1.82) is 0 Å². The van der Waals surface area contributed by atoms with Gasteiger partial charge in [0.2, 0.25) is 0 Å². The van der Waals surface area contributed by atoms with Crippen molar-refractivity contribution in [2.45, 2.75) is 64.7 Å². The van der Waals surface area contributed by atoms with Crippen LogP contribution in [-0.4, -0.2) is 22.9 Å². The molecule has 2 heteroatoms. The van der Waals surface area contributed by atoms with E-state index in [1.54, 1.807) is 0 Å². The molecule has 198 valence electrons. The smallest absolute Gasteiger partial charge is 0.0237 e. The third kappa shape index (κ3) is 10.7. The summed E-state index contributed by atoms with van der Waals surface area (Å²) >= 11 is 0. The molecule has 2 nitrogen and oxygen atoms in total. The summed E-state index contributed by atoms with van der Waals surface area (Å²) in [6.45, 7) is 6.41. The molecule has 0 saturated heterocycles. The Morgan fingerprint density at radius 1 is 0.289 bits per heavy atom. The van der Waals surface area contributed by atoms with Crippen LogP contribution in [0.25, 0.3) is 0 Å². The van der Waals surface area contributed by atoms with Gasteiger partial charge >= 0.3 is 0 Å². The van der Waals surface area contributed by atoms with Crippen molar-refractivity contribution < 1.29 is 0 Å². The van der Waals surface area contributed by atoms with Gasteiger partial charge in [0.25, 0.3) is 0 Å². The van der Waals surface area contributed by atoms with Crippen LogP contribution in [0.3, 0.4) is 0 Å². The first-order valence-corrected chi connectivity index (χ1v) is 14.5. The quantitative estimate of drug-likeness (QED) is 0.133. The first kappa shape index (κ1) is 27.8. The second kappa shape index (κ2) is 16.6. The minimum Gasteiger partial charge on any atom is -0.295 e. The predicted octanol–water partition coefficient (Wildman–Crippen LogP) is 8.73. The molecule has 4 rings (SSSR count). The van der Waals surface area contributed by atoms with E-state index < -0.39 is 0 Å². The van der Waals surface area contributed by atoms with Crippen LogP contribution in [0, 0.1) is 0 Å². The molecule has 4 aromatic carbocycles. The lowest BCUT2D eigenvalue weighted by molar-refractivity contribution is 0.246. The van der Waals surface area contributed by atoms with E-state index >= 15 is 0 Å². The normalized spacial score (nSPS) is 11.3. The molecule has 38 heavy (non-hydrogen) atoms. The Morgan fingerprint density at radius 2 is 0.526 bits per heavy atom. The first-order chi connectivity index (χ1) is 18.8. The molecule has 0 fully saturated rings. The first-order valence-electron chi connectivity index (χ1n) is 14.5. The molecule has 0 aliphatic heterocycles. The van der Waals surface area contributed by atoms with Gasteiger partial charge in [0.05, 0.1) is 0 Å². The molecular weight excluding hydrogens is 460 g/mol. The number of hydrogen-bond donors (Lipinski definition) is 0. The highest BCUT2D eigenvalue weighted by atomic mass is 15.1. The largest absolute Gasteiger partial charge is 0.295 e. The van der Waals surface area contributed by atoms with Gasteiger partial charge in [-0.3, -0.25) is 9.80 Å². The van der Waals surface area contributed by atoms with E-state index in [1.807, 2.05) is 0 Å². The average molecular weight is 505 g/mol. The Bertz CT molecular complexity index is 937. The Hall–Kier alpha value is -3.20. The Kier molecular flexibility index (Phi) is 12.2. The molecule has 0 atom stereocenters. The maximum absolute atomic E-state index is 2.61. The lowest BCUT2D eigenvalue weighted by atomic mass is 10.1. The molecular formula is C36H44N2. The molecule has 0 aliphatic rings. The highest BCUT2D eigenvalue weighted by Crippen LogP contribution is 2.15. The molecule has 0 saturated carbocycles. The number of rotatable bonds is 17. The van der Waals surface area contributed by atoms with Gasteiger partial charge in [-0.1, -0.05) is 147 Å². The van der Waals surface area contributed by atoms with Crippen LogP contribution < -0.4 is 0 Å². The number of unbranched alkanes of at least 4 members (excludes halogenated alkanes) is 5. The van der Waals surface area contributed by atoms with E-state index in [0.29, 0.717) is 0 Å². The second-order valence-electron chi connectivity index (χ2n) is 10.5. The van der Waals surface area contributed by atoms with Crippen molar-refractivity contribution in [3.63, 3.8) is 0 Å². The Morgan fingerprint density at radius 3 is 0.789 bits per heavy atom. The Labute approximate surface area is 231 Å². The number of benzene rings is 4. The fraction of sp³-hybridized carbons (Fsp3) is 0.333. The molecule has 0 aromatic heterocycles. The van der Waals surface area contributed by atoms with Crippen molar-refractivity contribution in [3.05, 3.63) is 144 Å². The summed E-state index contributed by atoms with van der Waals surface area (Å²) in [5.74, 6) is 0. The van der Waals surface area contributed by atoms with Crippen LogP contribution in [0.2, 0.25) is 0 Å². The molecule has 0 amide bonds. The van der Waals surface area contributed by atoms with E-state index in [1.165, 1.54) is 60.8 Å². The third-order valence-corrected chi connectivity index (χ3v) is 7.19. The maximum atomic E-state index is 2.61. The van der Waals surface area contributed by atoms with Crippen LogP contribution in [0.4, 0.5) is 0 Å². The highest BCUT2D eigenvalue weighted by Gasteiger charge is 2.09. The van der Waals surface area contributed by atoms with Crippen molar-refractivity contribution in [3.8, 4) is 0 Å². The monoisotopic (exact) mass is 504 g/mol. The van der Waals surface area contributed by atoms with Crippen LogP contribution >= 0.6 is 0 Å². The van der Waals surface area contributed by atoms with E-state index in [2.05, 4.69) is 131 Å². The van der Waals surface area contributed by atoms with Crippen molar-refractivity contribution in [2.75, 3.05) is 13.1 Å². The van der Waals surface area contributed by atoms with Crippen molar-refractivity contribution in [2.24, 2.45) is 0 Å². The van der Waals surface area contributed by atoms with E-state index in [0.717, 1.165) is 39.3 Å². The lowest BCUT2D eigenvalue weighted by Crippen LogP contribution is -2.24. The fourth-order valence-electron chi connectivity index (χ4n) is 5.17. The summed E-state index contributed by atoms with van der Waals surface area (Å²) in [6, 6.07) is 43.6. The standard InChI is InChI=1S/C36H44N2/c1(3-17-27-37(29-33-19-9-5-10-20-33)30-34-21-11-6-12-22-34)2-4-18-28-38(31-35-23-13-7-14-24-35)32-36-25-15-8-16-26-36/h5-16,19-26H,1-4,17-18,27-32H2. The van der Waals surface area contributed by atoms with Crippen LogP contribution in [0.5, 0.6) is 0 Å². The summed E-state index contributed by atoms with van der Waals surface area (Å²) in [5, 5.41) is 0. The fourth-order valence-corrected chi connectivity index (χ4v) is 5.17. The SMILES string of the molecule is c1ccc(CN(CCCCCCCCN(Cc2ccccc2)Cc2ccccc2)Cc2ccccc2)cc1. The maximum Gasteiger partial charge on any atom is 0.0237 e. The van der Waals surface area contributed by atoms with Crippen LogP contribution in [0.15, 0.2) is 121 Å². The van der Waals surface area contributed by atoms with E-state index in [4.69, 9.17) is 0 Å². The molecule has 0 spiro atoms. The zero-order valence-corrected chi connectivity index (χ0v) is 22.9. The van der Waals surface area contributed by atoms with Crippen molar-refractivity contribution in [1.82, 2.24) is 9.80 Å². The lowest BCUT2D eigenvalue weighted by Gasteiger charge is -2.23.